The highest BCUT2D eigenvalue weighted by molar-refractivity contribution is 5.92. The summed E-state index contributed by atoms with van der Waals surface area (Å²) in [5, 5.41) is 2.93. The Balaban J connectivity index is 1.41. The summed E-state index contributed by atoms with van der Waals surface area (Å²) in [6.07, 6.45) is 1.02. The van der Waals surface area contributed by atoms with Gasteiger partial charge >= 0.3 is 5.97 Å². The van der Waals surface area contributed by atoms with E-state index in [2.05, 4.69) is 5.32 Å². The molecule has 1 amide bonds. The molecule has 2 aliphatic rings. The number of hydrogen-bond acceptors (Lipinski definition) is 4. The van der Waals surface area contributed by atoms with E-state index in [0.29, 0.717) is 11.1 Å². The van der Waals surface area contributed by atoms with Crippen molar-refractivity contribution in [1.82, 2.24) is 5.32 Å². The fourth-order valence-electron chi connectivity index (χ4n) is 3.46. The summed E-state index contributed by atoms with van der Waals surface area (Å²) in [5.74, 6) is -0.755. The Kier molecular flexibility index (Phi) is 6.22. The minimum atomic E-state index is -0.943. The van der Waals surface area contributed by atoms with Crippen molar-refractivity contribution >= 4 is 11.9 Å². The van der Waals surface area contributed by atoms with E-state index in [4.69, 9.17) is 9.47 Å². The van der Waals surface area contributed by atoms with E-state index >= 15 is 0 Å². The minimum absolute atomic E-state index is 0.203. The van der Waals surface area contributed by atoms with E-state index in [9.17, 15) is 9.59 Å². The molecule has 6 heteroatoms. The first kappa shape index (κ1) is 19.6. The fourth-order valence-corrected chi connectivity index (χ4v) is 3.46. The summed E-state index contributed by atoms with van der Waals surface area (Å²) in [7, 11) is 0. The van der Waals surface area contributed by atoms with Crippen molar-refractivity contribution in [1.29, 1.82) is 0 Å². The van der Waals surface area contributed by atoms with E-state index in [0.717, 1.165) is 45.7 Å². The third-order valence-corrected chi connectivity index (χ3v) is 5.33. The number of morpholine rings is 1. The van der Waals surface area contributed by atoms with E-state index in [-0.39, 0.29) is 11.9 Å². The third kappa shape index (κ3) is 5.43. The van der Waals surface area contributed by atoms with Gasteiger partial charge in [0, 0.05) is 17.2 Å². The molecule has 0 aromatic heterocycles. The molecule has 152 valence electrons. The van der Waals surface area contributed by atoms with Gasteiger partial charge in [-0.15, -0.1) is 0 Å². The fraction of sp³-hybridized carbons (Fsp3) is 0.391. The quantitative estimate of drug-likeness (QED) is 0.693. The first-order valence-corrected chi connectivity index (χ1v) is 10.3. The lowest BCUT2D eigenvalue weighted by molar-refractivity contribution is -0.921. The van der Waals surface area contributed by atoms with Crippen LogP contribution >= 0.6 is 0 Å². The number of amides is 1. The minimum Gasteiger partial charge on any atom is -0.444 e. The van der Waals surface area contributed by atoms with Gasteiger partial charge < -0.3 is 19.7 Å². The van der Waals surface area contributed by atoms with Crippen LogP contribution in [0.3, 0.4) is 0 Å². The van der Waals surface area contributed by atoms with Gasteiger partial charge in [-0.1, -0.05) is 42.5 Å². The summed E-state index contributed by atoms with van der Waals surface area (Å²) in [5.41, 5.74) is 2.29. The Morgan fingerprint density at radius 3 is 2.38 bits per heavy atom. The number of carbonyl (C=O) groups is 2. The Labute approximate surface area is 170 Å². The average molecular weight is 395 g/mol. The zero-order valence-electron chi connectivity index (χ0n) is 16.4. The highest BCUT2D eigenvalue weighted by Gasteiger charge is 2.31. The molecule has 1 aliphatic carbocycles. The van der Waals surface area contributed by atoms with Crippen molar-refractivity contribution in [2.24, 2.45) is 0 Å². The van der Waals surface area contributed by atoms with Crippen molar-refractivity contribution in [2.45, 2.75) is 31.5 Å². The van der Waals surface area contributed by atoms with E-state index in [1.807, 2.05) is 30.3 Å². The lowest BCUT2D eigenvalue weighted by Gasteiger charge is -2.23. The largest absolute Gasteiger partial charge is 0.444 e. The van der Waals surface area contributed by atoms with Crippen LogP contribution in [0.2, 0.25) is 0 Å². The summed E-state index contributed by atoms with van der Waals surface area (Å²) >= 11 is 0. The van der Waals surface area contributed by atoms with E-state index < -0.39 is 12.1 Å². The number of nitrogens with one attached hydrogen (secondary N) is 2. The Bertz CT molecular complexity index is 828. The molecule has 4 rings (SSSR count). The van der Waals surface area contributed by atoms with Crippen LogP contribution in [0.1, 0.15) is 40.4 Å². The predicted octanol–water partition coefficient (Wildman–Crippen LogP) is 1.28. The summed E-state index contributed by atoms with van der Waals surface area (Å²) < 4.78 is 11.0. The SMILES string of the molecule is O=C(O[C@H](C(=O)NC1CC1)c1ccccc1)c1ccc(C[NH+]2CCOCC2)cc1. The number of carbonyl (C=O) groups excluding carboxylic acids is 2. The number of hydrogen-bond donors (Lipinski definition) is 2. The van der Waals surface area contributed by atoms with Gasteiger partial charge in [0.25, 0.3) is 5.91 Å². The van der Waals surface area contributed by atoms with Crippen LogP contribution in [-0.2, 0) is 20.8 Å². The average Bonchev–Trinajstić information content (AvgIpc) is 3.57. The second-order valence-corrected chi connectivity index (χ2v) is 7.71. The topological polar surface area (TPSA) is 69.1 Å². The molecule has 1 saturated carbocycles. The number of esters is 1. The molecule has 6 nitrogen and oxygen atoms in total. The molecule has 1 saturated heterocycles. The van der Waals surface area contributed by atoms with Gasteiger partial charge in [-0.25, -0.2) is 4.79 Å². The zero-order valence-corrected chi connectivity index (χ0v) is 16.4. The maximum absolute atomic E-state index is 12.7. The van der Waals surface area contributed by atoms with Gasteiger partial charge in [-0.2, -0.15) is 0 Å². The van der Waals surface area contributed by atoms with Crippen LogP contribution in [0.25, 0.3) is 0 Å². The molecule has 29 heavy (non-hydrogen) atoms. The van der Waals surface area contributed by atoms with Crippen molar-refractivity contribution < 1.29 is 24.0 Å². The monoisotopic (exact) mass is 395 g/mol. The molecule has 0 radical (unpaired) electrons. The smallest absolute Gasteiger partial charge is 0.339 e. The molecule has 0 bridgehead atoms. The van der Waals surface area contributed by atoms with Crippen LogP contribution in [0.4, 0.5) is 0 Å². The van der Waals surface area contributed by atoms with Gasteiger partial charge in [-0.3, -0.25) is 4.79 Å². The van der Waals surface area contributed by atoms with Crippen LogP contribution in [0, 0.1) is 0 Å². The predicted molar refractivity (Wildman–Crippen MR) is 107 cm³/mol. The lowest BCUT2D eigenvalue weighted by Crippen LogP contribution is -3.12. The van der Waals surface area contributed by atoms with Crippen LogP contribution in [-0.4, -0.2) is 44.2 Å². The van der Waals surface area contributed by atoms with Crippen LogP contribution in [0.15, 0.2) is 54.6 Å². The van der Waals surface area contributed by atoms with Crippen molar-refractivity contribution in [3.8, 4) is 0 Å². The van der Waals surface area contributed by atoms with Gasteiger partial charge in [0.15, 0.2) is 0 Å². The number of benzene rings is 2. The molecule has 2 aromatic carbocycles. The van der Waals surface area contributed by atoms with E-state index in [1.165, 1.54) is 10.5 Å². The summed E-state index contributed by atoms with van der Waals surface area (Å²) in [6, 6.07) is 16.8. The van der Waals surface area contributed by atoms with Gasteiger partial charge in [-0.05, 0) is 25.0 Å². The van der Waals surface area contributed by atoms with Crippen molar-refractivity contribution in [3.63, 3.8) is 0 Å². The maximum atomic E-state index is 12.7. The Hall–Kier alpha value is -2.70. The molecular formula is C23H27N2O4+. The third-order valence-electron chi connectivity index (χ3n) is 5.33. The highest BCUT2D eigenvalue weighted by atomic mass is 16.5. The van der Waals surface area contributed by atoms with Gasteiger partial charge in [0.05, 0.1) is 18.8 Å². The Morgan fingerprint density at radius 1 is 1.03 bits per heavy atom. The molecule has 2 aromatic rings. The molecular weight excluding hydrogens is 368 g/mol. The maximum Gasteiger partial charge on any atom is 0.339 e. The highest BCUT2D eigenvalue weighted by Crippen LogP contribution is 2.24. The molecule has 2 N–H and O–H groups in total. The summed E-state index contributed by atoms with van der Waals surface area (Å²) in [6.45, 7) is 4.50. The first-order valence-electron chi connectivity index (χ1n) is 10.3. The molecule has 0 unspecified atom stereocenters. The van der Waals surface area contributed by atoms with E-state index in [1.54, 1.807) is 24.3 Å². The van der Waals surface area contributed by atoms with Crippen molar-refractivity contribution in [2.75, 3.05) is 26.3 Å². The Morgan fingerprint density at radius 2 is 1.72 bits per heavy atom. The summed E-state index contributed by atoms with van der Waals surface area (Å²) in [4.78, 5) is 26.8. The molecule has 1 heterocycles. The number of quaternary nitrogens is 1. The van der Waals surface area contributed by atoms with Crippen molar-refractivity contribution in [3.05, 3.63) is 71.3 Å². The van der Waals surface area contributed by atoms with Crippen LogP contribution < -0.4 is 10.2 Å². The zero-order chi connectivity index (χ0) is 20.1. The number of rotatable bonds is 7. The number of ether oxygens (including phenoxy) is 2. The second kappa shape index (κ2) is 9.20. The molecule has 1 atom stereocenters. The van der Waals surface area contributed by atoms with Gasteiger partial charge in [0.2, 0.25) is 6.10 Å². The first-order chi connectivity index (χ1) is 14.2. The normalized spacial score (nSPS) is 18.1. The molecule has 1 aliphatic heterocycles. The second-order valence-electron chi connectivity index (χ2n) is 7.71. The molecule has 2 fully saturated rings. The molecule has 0 spiro atoms. The standard InChI is InChI=1S/C23H26N2O4/c26-22(24-20-10-11-20)21(18-4-2-1-3-5-18)29-23(27)19-8-6-17(7-9-19)16-25-12-14-28-15-13-25/h1-9,20-21H,10-16H2,(H,24,26)/p+1/t21-/m0/s1. The lowest BCUT2D eigenvalue weighted by atomic mass is 10.1. The van der Waals surface area contributed by atoms with Gasteiger partial charge in [0.1, 0.15) is 19.6 Å². The van der Waals surface area contributed by atoms with Crippen LogP contribution in [0.5, 0.6) is 0 Å².